The number of nitrogens with zero attached hydrogens (tertiary/aromatic N) is 4. The first-order valence-corrected chi connectivity index (χ1v) is 12.0. The molecule has 0 spiro atoms. The number of unbranched alkanes of at least 4 members (excludes halogenated alkanes) is 9. The third-order valence-corrected chi connectivity index (χ3v) is 6.42. The summed E-state index contributed by atoms with van der Waals surface area (Å²) in [5.41, 5.74) is 0.697. The molecule has 0 N–H and O–H groups in total. The standard InChI is InChI=1S/C24H36N4O3/c1-2-3-4-5-6-7-8-9-10-11-16-26-17-15-24(29)23(19-26)27-21-13-12-14-22(28(30)31)20(21)18-25-27/h12-14,18,23H,2-11,15-17,19H2,1H3. The normalized spacial score (nSPS) is 17.5. The highest BCUT2D eigenvalue weighted by Crippen LogP contribution is 2.29. The maximum atomic E-state index is 12.6. The molecule has 1 aliphatic rings. The van der Waals surface area contributed by atoms with Crippen LogP contribution in [0.15, 0.2) is 24.4 Å². The number of likely N-dealkylation sites (tertiary alicyclic amines) is 1. The van der Waals surface area contributed by atoms with E-state index in [1.807, 2.05) is 6.07 Å². The average Bonchev–Trinajstić information content (AvgIpc) is 3.20. The molecule has 1 aromatic heterocycles. The number of carbonyl (C=O) groups excluding carboxylic acids is 1. The highest BCUT2D eigenvalue weighted by Gasteiger charge is 2.30. The third kappa shape index (κ3) is 6.35. The number of benzene rings is 1. The Hall–Kier alpha value is -2.28. The monoisotopic (exact) mass is 428 g/mol. The number of piperidine rings is 1. The summed E-state index contributed by atoms with van der Waals surface area (Å²) in [7, 11) is 0. The molecule has 7 nitrogen and oxygen atoms in total. The van der Waals surface area contributed by atoms with Gasteiger partial charge in [-0.2, -0.15) is 5.10 Å². The topological polar surface area (TPSA) is 81.3 Å². The SMILES string of the molecule is CCCCCCCCCCCCN1CCC(=O)C(n2ncc3c([N+](=O)[O-])cccc32)C1. The first-order chi connectivity index (χ1) is 15.1. The van der Waals surface area contributed by atoms with Crippen molar-refractivity contribution in [1.82, 2.24) is 14.7 Å². The van der Waals surface area contributed by atoms with Gasteiger partial charge in [0.2, 0.25) is 0 Å². The van der Waals surface area contributed by atoms with Gasteiger partial charge in [-0.25, -0.2) is 0 Å². The van der Waals surface area contributed by atoms with E-state index in [0.29, 0.717) is 23.9 Å². The summed E-state index contributed by atoms with van der Waals surface area (Å²) < 4.78 is 1.69. The molecule has 1 aliphatic heterocycles. The second-order valence-corrected chi connectivity index (χ2v) is 8.77. The van der Waals surface area contributed by atoms with Crippen molar-refractivity contribution in [1.29, 1.82) is 0 Å². The van der Waals surface area contributed by atoms with E-state index in [1.165, 1.54) is 70.1 Å². The molecule has 3 rings (SSSR count). The predicted octanol–water partition coefficient (Wildman–Crippen LogP) is 5.68. The van der Waals surface area contributed by atoms with Crippen molar-refractivity contribution in [2.45, 2.75) is 83.6 Å². The maximum absolute atomic E-state index is 12.6. The van der Waals surface area contributed by atoms with Gasteiger partial charge in [0.15, 0.2) is 5.78 Å². The highest BCUT2D eigenvalue weighted by molar-refractivity contribution is 5.90. The van der Waals surface area contributed by atoms with E-state index >= 15 is 0 Å². The zero-order valence-electron chi connectivity index (χ0n) is 18.8. The van der Waals surface area contributed by atoms with Crippen LogP contribution in [-0.2, 0) is 4.79 Å². The molecule has 1 fully saturated rings. The van der Waals surface area contributed by atoms with Gasteiger partial charge in [0.05, 0.1) is 22.0 Å². The summed E-state index contributed by atoms with van der Waals surface area (Å²) in [6, 6.07) is 4.59. The van der Waals surface area contributed by atoms with E-state index in [-0.39, 0.29) is 17.5 Å². The molecular weight excluding hydrogens is 392 g/mol. The summed E-state index contributed by atoms with van der Waals surface area (Å²) >= 11 is 0. The number of rotatable bonds is 13. The van der Waals surface area contributed by atoms with Crippen LogP contribution in [0.3, 0.4) is 0 Å². The minimum Gasteiger partial charge on any atom is -0.300 e. The van der Waals surface area contributed by atoms with E-state index in [0.717, 1.165) is 19.5 Å². The number of ketones is 1. The summed E-state index contributed by atoms with van der Waals surface area (Å²) in [6.45, 7) is 4.69. The number of Topliss-reactive ketones (excluding diaryl/α,β-unsaturated/α-hetero) is 1. The first-order valence-electron chi connectivity index (χ1n) is 12.0. The van der Waals surface area contributed by atoms with Crippen LogP contribution in [0, 0.1) is 10.1 Å². The predicted molar refractivity (Wildman–Crippen MR) is 123 cm³/mol. The number of aromatic nitrogens is 2. The van der Waals surface area contributed by atoms with Crippen LogP contribution in [0.4, 0.5) is 5.69 Å². The molecule has 1 atom stereocenters. The molecule has 0 aliphatic carbocycles. The van der Waals surface area contributed by atoms with Gasteiger partial charge < -0.3 is 4.90 Å². The van der Waals surface area contributed by atoms with Gasteiger partial charge in [0, 0.05) is 25.6 Å². The Morgan fingerprint density at radius 3 is 2.42 bits per heavy atom. The Balaban J connectivity index is 1.46. The lowest BCUT2D eigenvalue weighted by atomic mass is 10.0. The van der Waals surface area contributed by atoms with Crippen LogP contribution in [0.2, 0.25) is 0 Å². The Bertz CT molecular complexity index is 864. The number of non-ortho nitro benzene ring substituents is 1. The van der Waals surface area contributed by atoms with E-state index in [9.17, 15) is 14.9 Å². The van der Waals surface area contributed by atoms with Crippen molar-refractivity contribution in [3.8, 4) is 0 Å². The molecule has 1 aromatic carbocycles. The van der Waals surface area contributed by atoms with Crippen LogP contribution < -0.4 is 0 Å². The fourth-order valence-corrected chi connectivity index (χ4v) is 4.58. The molecule has 0 bridgehead atoms. The van der Waals surface area contributed by atoms with Crippen LogP contribution in [-0.4, -0.2) is 45.0 Å². The number of nitro groups is 1. The number of hydrogen-bond acceptors (Lipinski definition) is 5. The van der Waals surface area contributed by atoms with E-state index in [2.05, 4.69) is 16.9 Å². The lowest BCUT2D eigenvalue weighted by molar-refractivity contribution is -0.383. The Labute approximate surface area is 184 Å². The summed E-state index contributed by atoms with van der Waals surface area (Å²) in [5, 5.41) is 16.1. The second-order valence-electron chi connectivity index (χ2n) is 8.77. The van der Waals surface area contributed by atoms with Crippen molar-refractivity contribution in [3.63, 3.8) is 0 Å². The van der Waals surface area contributed by atoms with Gasteiger partial charge in [-0.3, -0.25) is 19.6 Å². The number of carbonyl (C=O) groups is 1. The Kier molecular flexibility index (Phi) is 9.00. The molecule has 0 amide bonds. The van der Waals surface area contributed by atoms with Crippen LogP contribution in [0.1, 0.15) is 83.6 Å². The van der Waals surface area contributed by atoms with Crippen molar-refractivity contribution >= 4 is 22.4 Å². The Morgan fingerprint density at radius 1 is 1.06 bits per heavy atom. The molecule has 2 aromatic rings. The molecule has 1 unspecified atom stereocenters. The minimum absolute atomic E-state index is 0.0363. The van der Waals surface area contributed by atoms with Crippen molar-refractivity contribution in [2.75, 3.05) is 19.6 Å². The van der Waals surface area contributed by atoms with Gasteiger partial charge in [-0.15, -0.1) is 0 Å². The van der Waals surface area contributed by atoms with Gasteiger partial charge >= 0.3 is 0 Å². The fraction of sp³-hybridized carbons (Fsp3) is 0.667. The number of hydrogen-bond donors (Lipinski definition) is 0. The smallest absolute Gasteiger partial charge is 0.280 e. The van der Waals surface area contributed by atoms with Crippen LogP contribution >= 0.6 is 0 Å². The second kappa shape index (κ2) is 11.9. The lowest BCUT2D eigenvalue weighted by Gasteiger charge is -2.32. The van der Waals surface area contributed by atoms with Gasteiger partial charge in [-0.1, -0.05) is 70.8 Å². The summed E-state index contributed by atoms with van der Waals surface area (Å²) in [6.07, 6.45) is 15.2. The number of nitro benzene ring substituents is 1. The zero-order valence-corrected chi connectivity index (χ0v) is 18.8. The average molecular weight is 429 g/mol. The van der Waals surface area contributed by atoms with Gasteiger partial charge in [0.25, 0.3) is 5.69 Å². The molecule has 0 saturated carbocycles. The van der Waals surface area contributed by atoms with Crippen LogP contribution in [0.5, 0.6) is 0 Å². The van der Waals surface area contributed by atoms with E-state index in [1.54, 1.807) is 10.7 Å². The van der Waals surface area contributed by atoms with Gasteiger partial charge in [0.1, 0.15) is 6.04 Å². The summed E-state index contributed by atoms with van der Waals surface area (Å²) in [4.78, 5) is 25.9. The maximum Gasteiger partial charge on any atom is 0.280 e. The van der Waals surface area contributed by atoms with E-state index < -0.39 is 4.92 Å². The van der Waals surface area contributed by atoms with Gasteiger partial charge in [-0.05, 0) is 19.0 Å². The minimum atomic E-state index is -0.394. The quantitative estimate of drug-likeness (QED) is 0.233. The molecule has 7 heteroatoms. The molecule has 31 heavy (non-hydrogen) atoms. The lowest BCUT2D eigenvalue weighted by Crippen LogP contribution is -2.42. The van der Waals surface area contributed by atoms with E-state index in [4.69, 9.17) is 0 Å². The number of fused-ring (bicyclic) bond motifs is 1. The van der Waals surface area contributed by atoms with Crippen molar-refractivity contribution in [3.05, 3.63) is 34.5 Å². The first kappa shape index (κ1) is 23.4. The third-order valence-electron chi connectivity index (χ3n) is 6.42. The summed E-state index contributed by atoms with van der Waals surface area (Å²) in [5.74, 6) is 0.163. The van der Waals surface area contributed by atoms with Crippen molar-refractivity contribution < 1.29 is 9.72 Å². The highest BCUT2D eigenvalue weighted by atomic mass is 16.6. The fourth-order valence-electron chi connectivity index (χ4n) is 4.58. The molecule has 170 valence electrons. The Morgan fingerprint density at radius 2 is 1.74 bits per heavy atom. The molecular formula is C24H36N4O3. The molecule has 2 heterocycles. The zero-order chi connectivity index (χ0) is 22.1. The van der Waals surface area contributed by atoms with Crippen LogP contribution in [0.25, 0.3) is 10.9 Å². The van der Waals surface area contributed by atoms with Crippen molar-refractivity contribution in [2.24, 2.45) is 0 Å². The molecule has 1 saturated heterocycles. The largest absolute Gasteiger partial charge is 0.300 e. The molecule has 0 radical (unpaired) electrons.